The minimum absolute atomic E-state index is 0.0920. The Hall–Kier alpha value is -4.30. The molecule has 1 aliphatic rings. The van der Waals surface area contributed by atoms with Crippen LogP contribution in [0.15, 0.2) is 90.2 Å². The summed E-state index contributed by atoms with van der Waals surface area (Å²) in [5.74, 6) is -1.75. The highest BCUT2D eigenvalue weighted by Gasteiger charge is 2.45. The molecule has 3 aromatic carbocycles. The Kier molecular flexibility index (Phi) is 5.88. The number of rotatable bonds is 6. The van der Waals surface area contributed by atoms with Crippen LogP contribution in [0.1, 0.15) is 17.2 Å². The van der Waals surface area contributed by atoms with Gasteiger partial charge in [0, 0.05) is 0 Å². The van der Waals surface area contributed by atoms with Crippen molar-refractivity contribution in [2.45, 2.75) is 6.04 Å². The van der Waals surface area contributed by atoms with Crippen LogP contribution in [0.25, 0.3) is 16.3 Å². The van der Waals surface area contributed by atoms with Gasteiger partial charge in [0.15, 0.2) is 16.7 Å². The van der Waals surface area contributed by atoms with E-state index in [2.05, 4.69) is 4.98 Å². The number of aliphatic hydroxyl groups is 1. The highest BCUT2D eigenvalue weighted by molar-refractivity contribution is 7.22. The maximum atomic E-state index is 13.7. The van der Waals surface area contributed by atoms with E-state index >= 15 is 0 Å². The number of anilines is 1. The number of allylic oxidation sites excluding steroid dienone is 1. The number of carbonyl (C=O) groups is 2. The molecule has 2 heterocycles. The van der Waals surface area contributed by atoms with Crippen LogP contribution in [0.4, 0.5) is 9.52 Å². The Morgan fingerprint density at radius 3 is 2.57 bits per heavy atom. The number of hydrogen-bond acceptors (Lipinski definition) is 6. The van der Waals surface area contributed by atoms with Crippen molar-refractivity contribution in [1.29, 1.82) is 0 Å². The van der Waals surface area contributed by atoms with E-state index in [1.165, 1.54) is 46.6 Å². The van der Waals surface area contributed by atoms with E-state index in [4.69, 9.17) is 4.74 Å². The predicted octanol–water partition coefficient (Wildman–Crippen LogP) is 5.63. The highest BCUT2D eigenvalue weighted by Crippen LogP contribution is 2.44. The maximum absolute atomic E-state index is 13.7. The van der Waals surface area contributed by atoms with E-state index < -0.39 is 29.3 Å². The molecule has 0 saturated carbocycles. The van der Waals surface area contributed by atoms with Crippen LogP contribution >= 0.6 is 11.3 Å². The lowest BCUT2D eigenvalue weighted by molar-refractivity contribution is -0.117. The number of thiazole rings is 1. The molecule has 1 N–H and O–H groups in total. The second kappa shape index (κ2) is 9.15. The Bertz CT molecular complexity index is 1490. The first kappa shape index (κ1) is 22.5. The van der Waals surface area contributed by atoms with Crippen molar-refractivity contribution in [1.82, 2.24) is 4.98 Å². The Labute approximate surface area is 204 Å². The summed E-state index contributed by atoms with van der Waals surface area (Å²) in [6.07, 6.45) is 2.93. The SMILES string of the molecule is COc1ccc2nc(N3C(=O)C(O)=C(C(=O)/C=C/c4ccccc4)C3c3ccc(F)cc3)sc2c1. The molecule has 0 fully saturated rings. The van der Waals surface area contributed by atoms with Crippen LogP contribution < -0.4 is 9.64 Å². The van der Waals surface area contributed by atoms with E-state index in [0.717, 1.165) is 10.3 Å². The van der Waals surface area contributed by atoms with Gasteiger partial charge in [0.1, 0.15) is 11.6 Å². The predicted molar refractivity (Wildman–Crippen MR) is 133 cm³/mol. The molecule has 1 aliphatic heterocycles. The van der Waals surface area contributed by atoms with Gasteiger partial charge in [0.05, 0.1) is 28.9 Å². The minimum atomic E-state index is -0.974. The molecular formula is C27H19FN2O4S. The summed E-state index contributed by atoms with van der Waals surface area (Å²) in [7, 11) is 1.56. The molecule has 1 amide bonds. The van der Waals surface area contributed by atoms with Gasteiger partial charge >= 0.3 is 0 Å². The Balaban J connectivity index is 1.60. The maximum Gasteiger partial charge on any atom is 0.296 e. The fraction of sp³-hybridized carbons (Fsp3) is 0.0741. The molecule has 5 rings (SSSR count). The van der Waals surface area contributed by atoms with Crippen LogP contribution in [-0.2, 0) is 9.59 Å². The van der Waals surface area contributed by atoms with Crippen molar-refractivity contribution < 1.29 is 23.8 Å². The topological polar surface area (TPSA) is 79.7 Å². The largest absolute Gasteiger partial charge is 0.503 e. The van der Waals surface area contributed by atoms with Gasteiger partial charge in [0.25, 0.3) is 5.91 Å². The van der Waals surface area contributed by atoms with E-state index in [1.807, 2.05) is 30.3 Å². The molecule has 8 heteroatoms. The number of ketones is 1. The zero-order valence-corrected chi connectivity index (χ0v) is 19.3. The number of ether oxygens (including phenoxy) is 1. The van der Waals surface area contributed by atoms with Crippen molar-refractivity contribution in [2.75, 3.05) is 12.0 Å². The van der Waals surface area contributed by atoms with Gasteiger partial charge < -0.3 is 9.84 Å². The number of hydrogen-bond donors (Lipinski definition) is 1. The number of fused-ring (bicyclic) bond motifs is 1. The summed E-state index contributed by atoms with van der Waals surface area (Å²) in [6.45, 7) is 0. The third-order valence-corrected chi connectivity index (χ3v) is 6.69. The zero-order chi connectivity index (χ0) is 24.5. The molecule has 6 nitrogen and oxygen atoms in total. The number of methoxy groups -OCH3 is 1. The van der Waals surface area contributed by atoms with Gasteiger partial charge in [-0.25, -0.2) is 9.37 Å². The number of aliphatic hydroxyl groups excluding tert-OH is 1. The number of aromatic nitrogens is 1. The van der Waals surface area contributed by atoms with Gasteiger partial charge in [-0.2, -0.15) is 0 Å². The van der Waals surface area contributed by atoms with Crippen LogP contribution in [-0.4, -0.2) is 28.9 Å². The summed E-state index contributed by atoms with van der Waals surface area (Å²) in [5, 5.41) is 11.1. The van der Waals surface area contributed by atoms with Crippen LogP contribution in [0.5, 0.6) is 5.75 Å². The number of halogens is 1. The average molecular weight is 487 g/mol. The lowest BCUT2D eigenvalue weighted by atomic mass is 9.95. The smallest absolute Gasteiger partial charge is 0.296 e. The zero-order valence-electron chi connectivity index (χ0n) is 18.5. The molecule has 0 radical (unpaired) electrons. The summed E-state index contributed by atoms with van der Waals surface area (Å²) in [6, 6.07) is 19.0. The van der Waals surface area contributed by atoms with Crippen molar-refractivity contribution in [3.05, 3.63) is 107 Å². The Morgan fingerprint density at radius 2 is 1.86 bits per heavy atom. The van der Waals surface area contributed by atoms with Crippen LogP contribution in [0, 0.1) is 5.82 Å². The second-order valence-corrected chi connectivity index (χ2v) is 8.84. The summed E-state index contributed by atoms with van der Waals surface area (Å²) in [5.41, 5.74) is 1.81. The van der Waals surface area contributed by atoms with Crippen molar-refractivity contribution in [2.24, 2.45) is 0 Å². The van der Waals surface area contributed by atoms with Crippen molar-refractivity contribution in [3.63, 3.8) is 0 Å². The van der Waals surface area contributed by atoms with Gasteiger partial charge in [-0.1, -0.05) is 59.9 Å². The van der Waals surface area contributed by atoms with Gasteiger partial charge in [-0.3, -0.25) is 14.5 Å². The summed E-state index contributed by atoms with van der Waals surface area (Å²) < 4.78 is 19.7. The lowest BCUT2D eigenvalue weighted by Gasteiger charge is -2.24. The minimum Gasteiger partial charge on any atom is -0.503 e. The van der Waals surface area contributed by atoms with E-state index in [-0.39, 0.29) is 5.57 Å². The number of benzene rings is 3. The average Bonchev–Trinajstić information content (AvgIpc) is 3.41. The first-order valence-electron chi connectivity index (χ1n) is 10.7. The lowest BCUT2D eigenvalue weighted by Crippen LogP contribution is -2.30. The fourth-order valence-corrected chi connectivity index (χ4v) is 4.98. The van der Waals surface area contributed by atoms with E-state index in [1.54, 1.807) is 31.4 Å². The van der Waals surface area contributed by atoms with Gasteiger partial charge in [0.2, 0.25) is 0 Å². The summed E-state index contributed by atoms with van der Waals surface area (Å²) in [4.78, 5) is 32.4. The van der Waals surface area contributed by atoms with Crippen molar-refractivity contribution in [3.8, 4) is 5.75 Å². The molecule has 0 saturated heterocycles. The monoisotopic (exact) mass is 486 g/mol. The number of carbonyl (C=O) groups excluding carboxylic acids is 2. The van der Waals surface area contributed by atoms with Gasteiger partial charge in [-0.05, 0) is 47.5 Å². The van der Waals surface area contributed by atoms with Crippen molar-refractivity contribution >= 4 is 44.5 Å². The number of nitrogens with zero attached hydrogens (tertiary/aromatic N) is 2. The van der Waals surface area contributed by atoms with E-state index in [0.29, 0.717) is 22.0 Å². The molecule has 174 valence electrons. The van der Waals surface area contributed by atoms with E-state index in [9.17, 15) is 19.1 Å². The molecular weight excluding hydrogens is 467 g/mol. The standard InChI is InChI=1S/C27H19FN2O4S/c1-34-19-12-13-20-22(15-19)35-27(29-20)30-24(17-8-10-18(28)11-9-17)23(25(32)26(30)33)21(31)14-7-16-5-3-2-4-6-16/h2-15,24,32H,1H3/b14-7+. The highest BCUT2D eigenvalue weighted by atomic mass is 32.1. The first-order valence-corrected chi connectivity index (χ1v) is 11.5. The molecule has 4 aromatic rings. The second-order valence-electron chi connectivity index (χ2n) is 7.83. The fourth-order valence-electron chi connectivity index (χ4n) is 3.96. The molecule has 35 heavy (non-hydrogen) atoms. The molecule has 1 aromatic heterocycles. The van der Waals surface area contributed by atoms with Crippen LogP contribution in [0.2, 0.25) is 0 Å². The van der Waals surface area contributed by atoms with Gasteiger partial charge in [-0.15, -0.1) is 0 Å². The Morgan fingerprint density at radius 1 is 1.11 bits per heavy atom. The first-order chi connectivity index (χ1) is 17.0. The molecule has 1 atom stereocenters. The normalized spacial score (nSPS) is 16.0. The molecule has 0 aliphatic carbocycles. The van der Waals surface area contributed by atoms with Crippen LogP contribution in [0.3, 0.4) is 0 Å². The third kappa shape index (κ3) is 4.20. The molecule has 0 spiro atoms. The number of amides is 1. The summed E-state index contributed by atoms with van der Waals surface area (Å²) >= 11 is 1.23. The quantitative estimate of drug-likeness (QED) is 0.358. The molecule has 1 unspecified atom stereocenters. The third-order valence-electron chi connectivity index (χ3n) is 5.68. The molecule has 0 bridgehead atoms.